The molecule has 10 heteroatoms. The van der Waals surface area contributed by atoms with E-state index in [1.165, 1.54) is 38.4 Å². The van der Waals surface area contributed by atoms with Gasteiger partial charge >= 0.3 is 10.2 Å². The van der Waals surface area contributed by atoms with E-state index >= 15 is 0 Å². The minimum absolute atomic E-state index is 0.174. The fourth-order valence-corrected chi connectivity index (χ4v) is 4.01. The predicted molar refractivity (Wildman–Crippen MR) is 125 cm³/mol. The molecule has 0 atom stereocenters. The Morgan fingerprint density at radius 2 is 1.38 bits per heavy atom. The Balaban J connectivity index is 1.57. The Morgan fingerprint density at radius 1 is 0.853 bits per heavy atom. The Kier molecular flexibility index (Phi) is 8.19. The van der Waals surface area contributed by atoms with Crippen molar-refractivity contribution in [1.82, 2.24) is 9.62 Å². The molecule has 7 nitrogen and oxygen atoms in total. The van der Waals surface area contributed by atoms with Gasteiger partial charge in [-0.25, -0.2) is 13.1 Å². The molecule has 0 aromatic heterocycles. The number of ether oxygens (including phenoxy) is 1. The molecule has 1 N–H and O–H groups in total. The van der Waals surface area contributed by atoms with E-state index in [1.54, 1.807) is 36.4 Å². The Bertz CT molecular complexity index is 1200. The molecule has 0 unspecified atom stereocenters. The van der Waals surface area contributed by atoms with Crippen molar-refractivity contribution < 1.29 is 26.7 Å². The van der Waals surface area contributed by atoms with E-state index < -0.39 is 28.5 Å². The smallest absolute Gasteiger partial charge is 0.304 e. The summed E-state index contributed by atoms with van der Waals surface area (Å²) in [6.07, 6.45) is 0. The van der Waals surface area contributed by atoms with Crippen LogP contribution in [0.15, 0.2) is 72.8 Å². The summed E-state index contributed by atoms with van der Waals surface area (Å²) in [6, 6.07) is 17.9. The van der Waals surface area contributed by atoms with Crippen molar-refractivity contribution in [2.24, 2.45) is 0 Å². The van der Waals surface area contributed by atoms with Gasteiger partial charge in [0.2, 0.25) is 5.91 Å². The number of carbonyl (C=O) groups excluding carboxylic acids is 1. The van der Waals surface area contributed by atoms with Crippen molar-refractivity contribution in [3.05, 3.63) is 95.6 Å². The van der Waals surface area contributed by atoms with E-state index in [-0.39, 0.29) is 24.7 Å². The van der Waals surface area contributed by atoms with Crippen molar-refractivity contribution in [2.75, 3.05) is 24.9 Å². The minimum Gasteiger partial charge on any atom is -0.489 e. The molecule has 34 heavy (non-hydrogen) atoms. The van der Waals surface area contributed by atoms with Crippen molar-refractivity contribution in [1.29, 1.82) is 0 Å². The van der Waals surface area contributed by atoms with Crippen LogP contribution in [0.5, 0.6) is 5.75 Å². The number of carbonyl (C=O) groups is 1. The third-order valence-electron chi connectivity index (χ3n) is 4.87. The summed E-state index contributed by atoms with van der Waals surface area (Å²) >= 11 is 0. The van der Waals surface area contributed by atoms with Crippen LogP contribution in [0.3, 0.4) is 0 Å². The van der Waals surface area contributed by atoms with Gasteiger partial charge in [-0.15, -0.1) is 0 Å². The highest BCUT2D eigenvalue weighted by Crippen LogP contribution is 2.20. The summed E-state index contributed by atoms with van der Waals surface area (Å²) in [4.78, 5) is 12.5. The van der Waals surface area contributed by atoms with Crippen LogP contribution in [-0.4, -0.2) is 39.3 Å². The molecule has 3 aromatic carbocycles. The number of rotatable bonds is 10. The van der Waals surface area contributed by atoms with Gasteiger partial charge in [-0.2, -0.15) is 12.7 Å². The molecule has 0 bridgehead atoms. The second kappa shape index (κ2) is 11.1. The highest BCUT2D eigenvalue weighted by Gasteiger charge is 2.27. The number of nitrogens with zero attached hydrogens (tertiary/aromatic N) is 2. The molecule has 3 rings (SSSR count). The van der Waals surface area contributed by atoms with E-state index in [9.17, 15) is 22.0 Å². The van der Waals surface area contributed by atoms with Crippen LogP contribution in [0.1, 0.15) is 11.1 Å². The number of amides is 1. The summed E-state index contributed by atoms with van der Waals surface area (Å²) in [5, 5.41) is 2.69. The molecular weight excluding hydrogens is 464 g/mol. The molecule has 0 radical (unpaired) electrons. The zero-order valence-corrected chi connectivity index (χ0v) is 19.6. The van der Waals surface area contributed by atoms with E-state index in [0.717, 1.165) is 31.9 Å². The van der Waals surface area contributed by atoms with Crippen LogP contribution in [0, 0.1) is 11.6 Å². The van der Waals surface area contributed by atoms with Crippen molar-refractivity contribution in [3.8, 4) is 5.75 Å². The van der Waals surface area contributed by atoms with Crippen LogP contribution < -0.4 is 14.4 Å². The molecule has 0 spiro atoms. The van der Waals surface area contributed by atoms with E-state index in [0.29, 0.717) is 5.75 Å². The van der Waals surface area contributed by atoms with Gasteiger partial charge in [0.15, 0.2) is 0 Å². The van der Waals surface area contributed by atoms with E-state index in [1.807, 2.05) is 0 Å². The fourth-order valence-electron chi connectivity index (χ4n) is 2.95. The number of halogens is 2. The van der Waals surface area contributed by atoms with Crippen LogP contribution in [0.25, 0.3) is 0 Å². The Hall–Kier alpha value is -3.50. The summed E-state index contributed by atoms with van der Waals surface area (Å²) in [6.45, 7) is -0.00269. The van der Waals surface area contributed by atoms with Crippen LogP contribution in [0.4, 0.5) is 14.5 Å². The predicted octanol–water partition coefficient (Wildman–Crippen LogP) is 3.47. The van der Waals surface area contributed by atoms with Crippen molar-refractivity contribution >= 4 is 21.8 Å². The number of hydrogen-bond acceptors (Lipinski definition) is 4. The van der Waals surface area contributed by atoms with Gasteiger partial charge in [-0.3, -0.25) is 4.79 Å². The lowest BCUT2D eigenvalue weighted by Gasteiger charge is -2.26. The molecule has 0 aliphatic carbocycles. The molecule has 1 amide bonds. The first-order valence-corrected chi connectivity index (χ1v) is 11.7. The average molecular weight is 490 g/mol. The first-order valence-electron chi connectivity index (χ1n) is 10.3. The lowest BCUT2D eigenvalue weighted by molar-refractivity contribution is -0.119. The molecule has 0 aliphatic heterocycles. The van der Waals surface area contributed by atoms with Gasteiger partial charge in [0.05, 0.1) is 5.69 Å². The third-order valence-corrected chi connectivity index (χ3v) is 6.69. The monoisotopic (exact) mass is 489 g/mol. The highest BCUT2D eigenvalue weighted by atomic mass is 32.2. The molecule has 0 saturated carbocycles. The lowest BCUT2D eigenvalue weighted by atomic mass is 10.2. The van der Waals surface area contributed by atoms with Crippen LogP contribution >= 0.6 is 0 Å². The molecule has 0 aliphatic rings. The maximum atomic E-state index is 13.3. The first kappa shape index (κ1) is 25.1. The average Bonchev–Trinajstić information content (AvgIpc) is 2.82. The number of hydrogen-bond donors (Lipinski definition) is 1. The topological polar surface area (TPSA) is 79.0 Å². The van der Waals surface area contributed by atoms with Crippen molar-refractivity contribution in [3.63, 3.8) is 0 Å². The van der Waals surface area contributed by atoms with Gasteiger partial charge in [0.1, 0.15) is 30.5 Å². The zero-order valence-electron chi connectivity index (χ0n) is 18.7. The third kappa shape index (κ3) is 6.75. The summed E-state index contributed by atoms with van der Waals surface area (Å²) in [7, 11) is -1.27. The number of benzene rings is 3. The summed E-state index contributed by atoms with van der Waals surface area (Å²) in [5.74, 6) is -0.735. The van der Waals surface area contributed by atoms with Crippen LogP contribution in [0.2, 0.25) is 0 Å². The van der Waals surface area contributed by atoms with Crippen molar-refractivity contribution in [2.45, 2.75) is 13.2 Å². The molecule has 0 heterocycles. The standard InChI is InChI=1S/C24H25F2N3O4S/c1-28(2)34(31,32)29(22-11-9-21(26)10-12-22)16-24(30)27-15-18-5-13-23(14-6-18)33-17-19-3-7-20(25)8-4-19/h3-14H,15-17H2,1-2H3,(H,27,30). The summed E-state index contributed by atoms with van der Waals surface area (Å²) in [5.41, 5.74) is 1.79. The zero-order chi connectivity index (χ0) is 24.7. The molecule has 180 valence electrons. The van der Waals surface area contributed by atoms with E-state index in [2.05, 4.69) is 5.32 Å². The van der Waals surface area contributed by atoms with Gasteiger partial charge < -0.3 is 10.1 Å². The SMILES string of the molecule is CN(C)S(=O)(=O)N(CC(=O)NCc1ccc(OCc2ccc(F)cc2)cc1)c1ccc(F)cc1. The Labute approximate surface area is 197 Å². The molecular formula is C24H25F2N3O4S. The van der Waals surface area contributed by atoms with Gasteiger partial charge in [0, 0.05) is 20.6 Å². The van der Waals surface area contributed by atoms with E-state index in [4.69, 9.17) is 4.74 Å². The number of nitrogens with one attached hydrogen (secondary N) is 1. The second-order valence-electron chi connectivity index (χ2n) is 7.61. The largest absolute Gasteiger partial charge is 0.489 e. The van der Waals surface area contributed by atoms with Gasteiger partial charge in [0.25, 0.3) is 0 Å². The molecule has 3 aromatic rings. The maximum Gasteiger partial charge on any atom is 0.304 e. The molecule has 0 saturated heterocycles. The quantitative estimate of drug-likeness (QED) is 0.473. The normalized spacial score (nSPS) is 11.3. The van der Waals surface area contributed by atoms with Gasteiger partial charge in [-0.05, 0) is 59.7 Å². The van der Waals surface area contributed by atoms with Gasteiger partial charge in [-0.1, -0.05) is 24.3 Å². The Morgan fingerprint density at radius 3 is 1.94 bits per heavy atom. The highest BCUT2D eigenvalue weighted by molar-refractivity contribution is 7.90. The number of anilines is 1. The summed E-state index contributed by atoms with van der Waals surface area (Å²) < 4.78 is 59.2. The minimum atomic E-state index is -3.97. The first-order chi connectivity index (χ1) is 16.1. The maximum absolute atomic E-state index is 13.3. The lowest BCUT2D eigenvalue weighted by Crippen LogP contribution is -2.45. The second-order valence-corrected chi connectivity index (χ2v) is 9.68. The molecule has 0 fully saturated rings. The van der Waals surface area contributed by atoms with Crippen LogP contribution in [-0.2, 0) is 28.2 Å². The fraction of sp³-hybridized carbons (Fsp3) is 0.208.